The molecule has 0 saturated heterocycles. The molecule has 5 nitrogen and oxygen atoms in total. The first-order chi connectivity index (χ1) is 6.83. The number of amides is 1. The summed E-state index contributed by atoms with van der Waals surface area (Å²) in [5, 5.41) is 2.58. The van der Waals surface area contributed by atoms with E-state index in [1.807, 2.05) is 0 Å². The standard InChI is InChI=1S/C9H18N2O3S/c1-15(13,14)7-6-11-8(12)9(10)4-2-3-5-9/h2-7,10H2,1H3,(H,11,12). The Bertz CT molecular complexity index is 331. The summed E-state index contributed by atoms with van der Waals surface area (Å²) in [7, 11) is -3.02. The summed E-state index contributed by atoms with van der Waals surface area (Å²) in [6, 6.07) is 0. The van der Waals surface area contributed by atoms with Crippen LogP contribution in [0.1, 0.15) is 25.7 Å². The average Bonchev–Trinajstić information content (AvgIpc) is 2.51. The Balaban J connectivity index is 2.36. The van der Waals surface area contributed by atoms with Crippen molar-refractivity contribution in [3.8, 4) is 0 Å². The monoisotopic (exact) mass is 234 g/mol. The molecule has 0 spiro atoms. The number of nitrogens with one attached hydrogen (secondary N) is 1. The SMILES string of the molecule is CS(=O)(=O)CCNC(=O)C1(N)CCCC1. The maximum Gasteiger partial charge on any atom is 0.240 e. The van der Waals surface area contributed by atoms with Crippen LogP contribution in [-0.2, 0) is 14.6 Å². The molecule has 0 unspecified atom stereocenters. The summed E-state index contributed by atoms with van der Waals surface area (Å²) >= 11 is 0. The van der Waals surface area contributed by atoms with Gasteiger partial charge in [0.05, 0.1) is 11.3 Å². The Hall–Kier alpha value is -0.620. The van der Waals surface area contributed by atoms with Gasteiger partial charge in [-0.3, -0.25) is 4.79 Å². The molecule has 0 heterocycles. The lowest BCUT2D eigenvalue weighted by Crippen LogP contribution is -2.52. The van der Waals surface area contributed by atoms with Gasteiger partial charge in [0.25, 0.3) is 0 Å². The Labute approximate surface area is 90.3 Å². The number of sulfone groups is 1. The third-order valence-electron chi connectivity index (χ3n) is 2.71. The van der Waals surface area contributed by atoms with Crippen LogP contribution in [0, 0.1) is 0 Å². The van der Waals surface area contributed by atoms with Crippen LogP contribution < -0.4 is 11.1 Å². The fourth-order valence-corrected chi connectivity index (χ4v) is 2.23. The Morgan fingerprint density at radius 3 is 2.40 bits per heavy atom. The number of hydrogen-bond acceptors (Lipinski definition) is 4. The minimum atomic E-state index is -3.02. The van der Waals surface area contributed by atoms with Gasteiger partial charge in [-0.25, -0.2) is 8.42 Å². The minimum Gasteiger partial charge on any atom is -0.353 e. The van der Waals surface area contributed by atoms with Crippen LogP contribution in [0.4, 0.5) is 0 Å². The van der Waals surface area contributed by atoms with Crippen LogP contribution in [0.25, 0.3) is 0 Å². The third-order valence-corrected chi connectivity index (χ3v) is 3.65. The van der Waals surface area contributed by atoms with Crippen molar-refractivity contribution >= 4 is 15.7 Å². The van der Waals surface area contributed by atoms with Gasteiger partial charge in [-0.1, -0.05) is 12.8 Å². The number of nitrogens with two attached hydrogens (primary N) is 1. The third kappa shape index (κ3) is 3.79. The summed E-state index contributed by atoms with van der Waals surface area (Å²) in [6.07, 6.45) is 4.47. The summed E-state index contributed by atoms with van der Waals surface area (Å²) in [5.74, 6) is -0.252. The predicted molar refractivity (Wildman–Crippen MR) is 58.1 cm³/mol. The van der Waals surface area contributed by atoms with Crippen LogP contribution in [-0.4, -0.2) is 38.4 Å². The molecule has 88 valence electrons. The van der Waals surface area contributed by atoms with Gasteiger partial charge in [-0.15, -0.1) is 0 Å². The summed E-state index contributed by atoms with van der Waals surface area (Å²) in [6.45, 7) is 0.149. The fourth-order valence-electron chi connectivity index (χ4n) is 1.76. The maximum absolute atomic E-state index is 11.6. The highest BCUT2D eigenvalue weighted by atomic mass is 32.2. The number of carbonyl (C=O) groups excluding carboxylic acids is 1. The van der Waals surface area contributed by atoms with E-state index in [9.17, 15) is 13.2 Å². The molecular weight excluding hydrogens is 216 g/mol. The van der Waals surface area contributed by atoms with Gasteiger partial charge < -0.3 is 11.1 Å². The fraction of sp³-hybridized carbons (Fsp3) is 0.889. The van der Waals surface area contributed by atoms with Crippen LogP contribution in [0.3, 0.4) is 0 Å². The molecule has 1 fully saturated rings. The van der Waals surface area contributed by atoms with E-state index in [4.69, 9.17) is 5.73 Å². The molecule has 1 amide bonds. The van der Waals surface area contributed by atoms with Gasteiger partial charge in [0.1, 0.15) is 9.84 Å². The lowest BCUT2D eigenvalue weighted by molar-refractivity contribution is -0.126. The van der Waals surface area contributed by atoms with E-state index >= 15 is 0 Å². The zero-order chi connectivity index (χ0) is 11.5. The molecule has 3 N–H and O–H groups in total. The van der Waals surface area contributed by atoms with Gasteiger partial charge in [0.2, 0.25) is 5.91 Å². The van der Waals surface area contributed by atoms with E-state index in [-0.39, 0.29) is 18.2 Å². The Morgan fingerprint density at radius 1 is 1.40 bits per heavy atom. The highest BCUT2D eigenvalue weighted by Crippen LogP contribution is 2.26. The van der Waals surface area contributed by atoms with Gasteiger partial charge in [0, 0.05) is 12.8 Å². The molecule has 1 saturated carbocycles. The van der Waals surface area contributed by atoms with E-state index < -0.39 is 15.4 Å². The molecule has 0 atom stereocenters. The molecule has 15 heavy (non-hydrogen) atoms. The van der Waals surface area contributed by atoms with Crippen LogP contribution in [0.2, 0.25) is 0 Å². The molecule has 0 aliphatic heterocycles. The van der Waals surface area contributed by atoms with E-state index in [2.05, 4.69) is 5.32 Å². The van der Waals surface area contributed by atoms with Gasteiger partial charge in [-0.05, 0) is 12.8 Å². The van der Waals surface area contributed by atoms with Crippen molar-refractivity contribution in [1.82, 2.24) is 5.32 Å². The van der Waals surface area contributed by atoms with E-state index in [1.54, 1.807) is 0 Å². The second-order valence-electron chi connectivity index (χ2n) is 4.25. The number of carbonyl (C=O) groups is 1. The first-order valence-corrected chi connectivity index (χ1v) is 7.14. The molecule has 6 heteroatoms. The van der Waals surface area contributed by atoms with E-state index in [1.165, 1.54) is 0 Å². The highest BCUT2D eigenvalue weighted by Gasteiger charge is 2.36. The van der Waals surface area contributed by atoms with Crippen molar-refractivity contribution in [2.24, 2.45) is 5.73 Å². The largest absolute Gasteiger partial charge is 0.353 e. The second kappa shape index (κ2) is 4.49. The van der Waals surface area contributed by atoms with Crippen molar-refractivity contribution in [3.63, 3.8) is 0 Å². The molecule has 0 radical (unpaired) electrons. The molecule has 0 aromatic heterocycles. The molecule has 0 aromatic rings. The van der Waals surface area contributed by atoms with Gasteiger partial charge in [0.15, 0.2) is 0 Å². The van der Waals surface area contributed by atoms with Crippen LogP contribution >= 0.6 is 0 Å². The first kappa shape index (κ1) is 12.4. The summed E-state index contributed by atoms with van der Waals surface area (Å²) < 4.78 is 21.7. The number of rotatable bonds is 4. The van der Waals surface area contributed by atoms with E-state index in [0.29, 0.717) is 12.8 Å². The summed E-state index contributed by atoms with van der Waals surface area (Å²) in [5.41, 5.74) is 5.12. The first-order valence-electron chi connectivity index (χ1n) is 5.08. The molecule has 0 bridgehead atoms. The van der Waals surface area contributed by atoms with Crippen molar-refractivity contribution in [2.75, 3.05) is 18.6 Å². The zero-order valence-electron chi connectivity index (χ0n) is 8.95. The molecule has 1 rings (SSSR count). The number of hydrogen-bond donors (Lipinski definition) is 2. The second-order valence-corrected chi connectivity index (χ2v) is 6.51. The maximum atomic E-state index is 11.6. The molecule has 1 aliphatic rings. The van der Waals surface area contributed by atoms with Crippen LogP contribution in [0.5, 0.6) is 0 Å². The predicted octanol–water partition coefficient (Wildman–Crippen LogP) is -0.581. The lowest BCUT2D eigenvalue weighted by Gasteiger charge is -2.21. The smallest absolute Gasteiger partial charge is 0.240 e. The zero-order valence-corrected chi connectivity index (χ0v) is 9.77. The minimum absolute atomic E-state index is 0.0329. The quantitative estimate of drug-likeness (QED) is 0.681. The normalized spacial score (nSPS) is 20.1. The Kier molecular flexibility index (Phi) is 3.72. The average molecular weight is 234 g/mol. The lowest BCUT2D eigenvalue weighted by atomic mass is 9.98. The topological polar surface area (TPSA) is 89.3 Å². The Morgan fingerprint density at radius 2 is 1.93 bits per heavy atom. The molecular formula is C9H18N2O3S. The van der Waals surface area contributed by atoms with E-state index in [0.717, 1.165) is 19.1 Å². The van der Waals surface area contributed by atoms with Crippen LogP contribution in [0.15, 0.2) is 0 Å². The molecule has 1 aliphatic carbocycles. The molecule has 0 aromatic carbocycles. The van der Waals surface area contributed by atoms with Gasteiger partial charge in [-0.2, -0.15) is 0 Å². The van der Waals surface area contributed by atoms with Gasteiger partial charge >= 0.3 is 0 Å². The summed E-state index contributed by atoms with van der Waals surface area (Å²) in [4.78, 5) is 11.6. The van der Waals surface area contributed by atoms with Crippen molar-refractivity contribution in [2.45, 2.75) is 31.2 Å². The highest BCUT2D eigenvalue weighted by molar-refractivity contribution is 7.90. The van der Waals surface area contributed by atoms with Crippen molar-refractivity contribution in [1.29, 1.82) is 0 Å². The van der Waals surface area contributed by atoms with Crippen molar-refractivity contribution < 1.29 is 13.2 Å². The van der Waals surface area contributed by atoms with Crippen molar-refractivity contribution in [3.05, 3.63) is 0 Å².